The summed E-state index contributed by atoms with van der Waals surface area (Å²) in [5.74, 6) is -0.755. The summed E-state index contributed by atoms with van der Waals surface area (Å²) in [5, 5.41) is 3.07. The van der Waals surface area contributed by atoms with E-state index < -0.39 is 17.6 Å². The zero-order valence-electron chi connectivity index (χ0n) is 10.4. The molecule has 0 amide bonds. The Kier molecular flexibility index (Phi) is 4.78. The minimum absolute atomic E-state index is 0.108. The molecule has 0 aliphatic heterocycles. The minimum Gasteiger partial charge on any atom is -0.379 e. The molecule has 0 bridgehead atoms. The van der Waals surface area contributed by atoms with Gasteiger partial charge in [-0.15, -0.1) is 0 Å². The van der Waals surface area contributed by atoms with Crippen molar-refractivity contribution in [2.75, 3.05) is 5.32 Å². The summed E-state index contributed by atoms with van der Waals surface area (Å²) in [6.45, 7) is 0.108. The first kappa shape index (κ1) is 16.1. The molecule has 0 saturated carbocycles. The van der Waals surface area contributed by atoms with Crippen LogP contribution >= 0.6 is 27.5 Å². The average Bonchev–Trinajstić information content (AvgIpc) is 2.40. The van der Waals surface area contributed by atoms with Crippen molar-refractivity contribution in [2.24, 2.45) is 0 Å². The molecule has 1 nitrogen and oxygen atoms in total. The first-order valence-corrected chi connectivity index (χ1v) is 6.99. The SMILES string of the molecule is Fc1ccc(C(F)(F)F)cc1NCc1cc(Br)ccc1Cl. The second-order valence-corrected chi connectivity index (χ2v) is 5.60. The average molecular weight is 383 g/mol. The zero-order valence-corrected chi connectivity index (χ0v) is 12.8. The van der Waals surface area contributed by atoms with Crippen LogP contribution in [0.25, 0.3) is 0 Å². The van der Waals surface area contributed by atoms with Crippen molar-refractivity contribution >= 4 is 33.2 Å². The number of hydrogen-bond acceptors (Lipinski definition) is 1. The molecule has 112 valence electrons. The van der Waals surface area contributed by atoms with Crippen molar-refractivity contribution in [3.63, 3.8) is 0 Å². The molecule has 1 N–H and O–H groups in total. The lowest BCUT2D eigenvalue weighted by Crippen LogP contribution is -2.08. The monoisotopic (exact) mass is 381 g/mol. The van der Waals surface area contributed by atoms with Gasteiger partial charge in [0.05, 0.1) is 11.3 Å². The maximum absolute atomic E-state index is 13.6. The second kappa shape index (κ2) is 6.23. The second-order valence-electron chi connectivity index (χ2n) is 4.28. The summed E-state index contributed by atoms with van der Waals surface area (Å²) in [7, 11) is 0. The van der Waals surface area contributed by atoms with Crippen LogP contribution < -0.4 is 5.32 Å². The molecular formula is C14H9BrClF4N. The fraction of sp³-hybridized carbons (Fsp3) is 0.143. The lowest BCUT2D eigenvalue weighted by atomic mass is 10.1. The third-order valence-corrected chi connectivity index (χ3v) is 3.63. The van der Waals surface area contributed by atoms with Crippen molar-refractivity contribution in [1.29, 1.82) is 0 Å². The number of anilines is 1. The highest BCUT2D eigenvalue weighted by molar-refractivity contribution is 9.10. The molecule has 0 unspecified atom stereocenters. The van der Waals surface area contributed by atoms with Crippen LogP contribution in [0.1, 0.15) is 11.1 Å². The highest BCUT2D eigenvalue weighted by atomic mass is 79.9. The van der Waals surface area contributed by atoms with Crippen LogP contribution in [0.5, 0.6) is 0 Å². The number of benzene rings is 2. The Morgan fingerprint density at radius 3 is 2.48 bits per heavy atom. The summed E-state index contributed by atoms with van der Waals surface area (Å²) in [6.07, 6.45) is -4.52. The molecule has 0 saturated heterocycles. The number of alkyl halides is 3. The van der Waals surface area contributed by atoms with Crippen molar-refractivity contribution in [3.05, 3.63) is 62.8 Å². The highest BCUT2D eigenvalue weighted by Crippen LogP contribution is 2.32. The van der Waals surface area contributed by atoms with Gasteiger partial charge in [0, 0.05) is 16.0 Å². The fourth-order valence-electron chi connectivity index (χ4n) is 1.71. The van der Waals surface area contributed by atoms with Crippen LogP contribution in [0.2, 0.25) is 5.02 Å². The van der Waals surface area contributed by atoms with E-state index in [9.17, 15) is 17.6 Å². The van der Waals surface area contributed by atoms with Gasteiger partial charge in [-0.25, -0.2) is 4.39 Å². The smallest absolute Gasteiger partial charge is 0.379 e. The van der Waals surface area contributed by atoms with E-state index >= 15 is 0 Å². The van der Waals surface area contributed by atoms with Gasteiger partial charge >= 0.3 is 6.18 Å². The largest absolute Gasteiger partial charge is 0.416 e. The Morgan fingerprint density at radius 2 is 1.81 bits per heavy atom. The number of rotatable bonds is 3. The summed E-state index contributed by atoms with van der Waals surface area (Å²) in [5.41, 5.74) is -0.490. The van der Waals surface area contributed by atoms with Crippen molar-refractivity contribution in [3.8, 4) is 0 Å². The maximum Gasteiger partial charge on any atom is 0.416 e. The normalized spacial score (nSPS) is 11.5. The molecule has 0 fully saturated rings. The molecule has 0 aromatic heterocycles. The quantitative estimate of drug-likeness (QED) is 0.654. The molecule has 0 atom stereocenters. The van der Waals surface area contributed by atoms with Gasteiger partial charge in [-0.1, -0.05) is 27.5 Å². The van der Waals surface area contributed by atoms with E-state index in [1.54, 1.807) is 18.2 Å². The van der Waals surface area contributed by atoms with Crippen molar-refractivity contribution < 1.29 is 17.6 Å². The molecule has 0 aliphatic carbocycles. The number of nitrogens with one attached hydrogen (secondary N) is 1. The Bertz CT molecular complexity index is 658. The van der Waals surface area contributed by atoms with Gasteiger partial charge in [0.15, 0.2) is 0 Å². The van der Waals surface area contributed by atoms with Gasteiger partial charge in [0.25, 0.3) is 0 Å². The molecule has 0 radical (unpaired) electrons. The van der Waals surface area contributed by atoms with Gasteiger partial charge in [-0.2, -0.15) is 13.2 Å². The zero-order chi connectivity index (χ0) is 15.6. The first-order chi connectivity index (χ1) is 9.77. The molecule has 2 rings (SSSR count). The molecular weight excluding hydrogens is 374 g/mol. The van der Waals surface area contributed by atoms with Gasteiger partial charge in [-0.3, -0.25) is 0 Å². The molecule has 0 heterocycles. The highest BCUT2D eigenvalue weighted by Gasteiger charge is 2.31. The van der Waals surface area contributed by atoms with Crippen molar-refractivity contribution in [2.45, 2.75) is 12.7 Å². The lowest BCUT2D eigenvalue weighted by molar-refractivity contribution is -0.137. The van der Waals surface area contributed by atoms with Crippen LogP contribution in [-0.2, 0) is 12.7 Å². The van der Waals surface area contributed by atoms with E-state index in [1.165, 1.54) is 0 Å². The van der Waals surface area contributed by atoms with Gasteiger partial charge in [0.2, 0.25) is 0 Å². The Hall–Kier alpha value is -1.27. The van der Waals surface area contributed by atoms with E-state index in [0.29, 0.717) is 16.7 Å². The fourth-order valence-corrected chi connectivity index (χ4v) is 2.30. The Morgan fingerprint density at radius 1 is 1.10 bits per heavy atom. The molecule has 0 aliphatic rings. The predicted octanol–water partition coefficient (Wildman–Crippen LogP) is 5.87. The van der Waals surface area contributed by atoms with Crippen LogP contribution in [0, 0.1) is 5.82 Å². The van der Waals surface area contributed by atoms with Crippen LogP contribution in [0.4, 0.5) is 23.2 Å². The molecule has 21 heavy (non-hydrogen) atoms. The van der Waals surface area contributed by atoms with Gasteiger partial charge in [0.1, 0.15) is 5.82 Å². The van der Waals surface area contributed by atoms with Crippen LogP contribution in [-0.4, -0.2) is 0 Å². The summed E-state index contributed by atoms with van der Waals surface area (Å²) < 4.78 is 52.1. The van der Waals surface area contributed by atoms with E-state index in [4.69, 9.17) is 11.6 Å². The van der Waals surface area contributed by atoms with Gasteiger partial charge in [-0.05, 0) is 42.0 Å². The van der Waals surface area contributed by atoms with E-state index in [0.717, 1.165) is 16.6 Å². The van der Waals surface area contributed by atoms with Gasteiger partial charge < -0.3 is 5.32 Å². The summed E-state index contributed by atoms with van der Waals surface area (Å²) >= 11 is 9.24. The third-order valence-electron chi connectivity index (χ3n) is 2.77. The minimum atomic E-state index is -4.52. The summed E-state index contributed by atoms with van der Waals surface area (Å²) in [6, 6.07) is 7.31. The first-order valence-electron chi connectivity index (χ1n) is 5.82. The number of hydrogen-bond donors (Lipinski definition) is 1. The third kappa shape index (κ3) is 4.11. The molecule has 0 spiro atoms. The molecule has 7 heteroatoms. The molecule has 2 aromatic carbocycles. The summed E-state index contributed by atoms with van der Waals surface area (Å²) in [4.78, 5) is 0. The van der Waals surface area contributed by atoms with E-state index in [2.05, 4.69) is 21.2 Å². The Balaban J connectivity index is 2.22. The van der Waals surface area contributed by atoms with Crippen LogP contribution in [0.15, 0.2) is 40.9 Å². The Labute approximate surface area is 132 Å². The van der Waals surface area contributed by atoms with Crippen LogP contribution in [0.3, 0.4) is 0 Å². The number of halogens is 6. The van der Waals surface area contributed by atoms with E-state index in [-0.39, 0.29) is 12.2 Å². The van der Waals surface area contributed by atoms with Crippen molar-refractivity contribution in [1.82, 2.24) is 0 Å². The maximum atomic E-state index is 13.6. The lowest BCUT2D eigenvalue weighted by Gasteiger charge is -2.12. The standard InChI is InChI=1S/C14H9BrClF4N/c15-10-2-3-11(16)8(5-10)7-21-13-6-9(14(18,19)20)1-4-12(13)17/h1-6,21H,7H2. The predicted molar refractivity (Wildman–Crippen MR) is 77.9 cm³/mol. The topological polar surface area (TPSA) is 12.0 Å². The van der Waals surface area contributed by atoms with E-state index in [1.807, 2.05) is 0 Å². The molecule has 2 aromatic rings.